The number of aromatic hydroxyl groups is 1. The summed E-state index contributed by atoms with van der Waals surface area (Å²) < 4.78 is 0. The zero-order valence-electron chi connectivity index (χ0n) is 10.6. The molecule has 0 aliphatic heterocycles. The Morgan fingerprint density at radius 1 is 0.857 bits per heavy atom. The molecule has 0 saturated carbocycles. The molecular formula is C14H10Cl2N2O3. The molecule has 0 aromatic heterocycles. The van der Waals surface area contributed by atoms with E-state index in [1.54, 1.807) is 18.2 Å². The molecule has 21 heavy (non-hydrogen) atoms. The van der Waals surface area contributed by atoms with Crippen molar-refractivity contribution in [3.05, 3.63) is 52.5 Å². The SMILES string of the molecule is O=C(Nc1ccc(O)cc1)C(=O)Nc1c(Cl)cccc1Cl. The van der Waals surface area contributed by atoms with Crippen LogP contribution in [-0.4, -0.2) is 16.9 Å². The van der Waals surface area contributed by atoms with E-state index in [1.807, 2.05) is 0 Å². The molecule has 0 spiro atoms. The highest BCUT2D eigenvalue weighted by Gasteiger charge is 2.17. The monoisotopic (exact) mass is 324 g/mol. The molecule has 0 aliphatic carbocycles. The highest BCUT2D eigenvalue weighted by molar-refractivity contribution is 6.46. The smallest absolute Gasteiger partial charge is 0.314 e. The third-order valence-electron chi connectivity index (χ3n) is 2.53. The zero-order valence-corrected chi connectivity index (χ0v) is 12.1. The van der Waals surface area contributed by atoms with E-state index in [2.05, 4.69) is 10.6 Å². The van der Waals surface area contributed by atoms with Crippen LogP contribution in [0.25, 0.3) is 0 Å². The van der Waals surface area contributed by atoms with Crippen LogP contribution in [0, 0.1) is 0 Å². The fourth-order valence-electron chi connectivity index (χ4n) is 1.52. The van der Waals surface area contributed by atoms with Crippen molar-refractivity contribution in [1.82, 2.24) is 0 Å². The fraction of sp³-hybridized carbons (Fsp3) is 0. The average Bonchev–Trinajstić information content (AvgIpc) is 2.45. The van der Waals surface area contributed by atoms with Gasteiger partial charge in [-0.15, -0.1) is 0 Å². The lowest BCUT2D eigenvalue weighted by atomic mass is 10.3. The Morgan fingerprint density at radius 2 is 1.38 bits per heavy atom. The Balaban J connectivity index is 2.06. The Labute approximate surface area is 130 Å². The Bertz CT molecular complexity index is 667. The van der Waals surface area contributed by atoms with Crippen LogP contribution >= 0.6 is 23.2 Å². The number of carbonyl (C=O) groups excluding carboxylic acids is 2. The molecule has 3 N–H and O–H groups in total. The molecule has 2 aromatic carbocycles. The third kappa shape index (κ3) is 3.87. The largest absolute Gasteiger partial charge is 0.508 e. The van der Waals surface area contributed by atoms with Crippen molar-refractivity contribution in [2.24, 2.45) is 0 Å². The van der Waals surface area contributed by atoms with Crippen LogP contribution in [0.15, 0.2) is 42.5 Å². The molecule has 2 rings (SSSR count). The molecule has 7 heteroatoms. The highest BCUT2D eigenvalue weighted by atomic mass is 35.5. The number of nitrogens with one attached hydrogen (secondary N) is 2. The van der Waals surface area contributed by atoms with Crippen molar-refractivity contribution >= 4 is 46.4 Å². The quantitative estimate of drug-likeness (QED) is 0.586. The van der Waals surface area contributed by atoms with Crippen LogP contribution in [0.2, 0.25) is 10.0 Å². The molecule has 5 nitrogen and oxygen atoms in total. The second kappa shape index (κ2) is 6.47. The van der Waals surface area contributed by atoms with Gasteiger partial charge < -0.3 is 15.7 Å². The molecule has 0 heterocycles. The van der Waals surface area contributed by atoms with E-state index in [0.717, 1.165) is 0 Å². The first-order chi connectivity index (χ1) is 9.97. The van der Waals surface area contributed by atoms with E-state index in [-0.39, 0.29) is 21.5 Å². The Morgan fingerprint density at radius 3 is 1.95 bits per heavy atom. The molecule has 2 aromatic rings. The number of hydrogen-bond acceptors (Lipinski definition) is 3. The van der Waals surface area contributed by atoms with Crippen molar-refractivity contribution in [2.75, 3.05) is 10.6 Å². The lowest BCUT2D eigenvalue weighted by Crippen LogP contribution is -2.29. The van der Waals surface area contributed by atoms with E-state index in [4.69, 9.17) is 28.3 Å². The number of anilines is 2. The van der Waals surface area contributed by atoms with Crippen LogP contribution in [-0.2, 0) is 9.59 Å². The first kappa shape index (κ1) is 15.2. The second-order valence-corrected chi connectivity index (χ2v) is 4.87. The van der Waals surface area contributed by atoms with Crippen molar-refractivity contribution in [2.45, 2.75) is 0 Å². The summed E-state index contributed by atoms with van der Waals surface area (Å²) in [5.41, 5.74) is 0.546. The topological polar surface area (TPSA) is 78.4 Å². The van der Waals surface area contributed by atoms with Crippen LogP contribution in [0.4, 0.5) is 11.4 Å². The van der Waals surface area contributed by atoms with Gasteiger partial charge in [-0.05, 0) is 36.4 Å². The summed E-state index contributed by atoms with van der Waals surface area (Å²) in [4.78, 5) is 23.6. The number of rotatable bonds is 2. The summed E-state index contributed by atoms with van der Waals surface area (Å²) in [6.45, 7) is 0. The van der Waals surface area contributed by atoms with E-state index in [1.165, 1.54) is 24.3 Å². The molecule has 2 amide bonds. The molecule has 108 valence electrons. The summed E-state index contributed by atoms with van der Waals surface area (Å²) in [6, 6.07) is 10.4. The van der Waals surface area contributed by atoms with E-state index >= 15 is 0 Å². The van der Waals surface area contributed by atoms with Gasteiger partial charge in [0.2, 0.25) is 0 Å². The minimum atomic E-state index is -0.905. The number of hydrogen-bond donors (Lipinski definition) is 3. The van der Waals surface area contributed by atoms with Crippen molar-refractivity contribution < 1.29 is 14.7 Å². The van der Waals surface area contributed by atoms with Crippen molar-refractivity contribution in [3.8, 4) is 5.75 Å². The number of benzene rings is 2. The minimum absolute atomic E-state index is 0.0558. The molecule has 0 saturated heterocycles. The standard InChI is InChI=1S/C14H10Cl2N2O3/c15-10-2-1-3-11(16)12(10)18-14(21)13(20)17-8-4-6-9(19)7-5-8/h1-7,19H,(H,17,20)(H,18,21). The minimum Gasteiger partial charge on any atom is -0.508 e. The maximum absolute atomic E-state index is 11.8. The first-order valence-corrected chi connectivity index (χ1v) is 6.58. The van der Waals surface area contributed by atoms with E-state index in [0.29, 0.717) is 5.69 Å². The molecule has 0 atom stereocenters. The lowest BCUT2D eigenvalue weighted by molar-refractivity contribution is -0.132. The predicted octanol–water partition coefficient (Wildman–Crippen LogP) is 3.28. The highest BCUT2D eigenvalue weighted by Crippen LogP contribution is 2.29. The summed E-state index contributed by atoms with van der Waals surface area (Å²) in [7, 11) is 0. The van der Waals surface area contributed by atoms with Gasteiger partial charge in [-0.3, -0.25) is 9.59 Å². The summed E-state index contributed by atoms with van der Waals surface area (Å²) in [5.74, 6) is -1.73. The van der Waals surface area contributed by atoms with Crippen molar-refractivity contribution in [1.29, 1.82) is 0 Å². The van der Waals surface area contributed by atoms with Crippen LogP contribution < -0.4 is 10.6 Å². The molecule has 0 radical (unpaired) electrons. The Kier molecular flexibility index (Phi) is 4.67. The number of halogens is 2. The summed E-state index contributed by atoms with van der Waals surface area (Å²) >= 11 is 11.8. The number of amides is 2. The number of para-hydroxylation sites is 1. The first-order valence-electron chi connectivity index (χ1n) is 5.83. The average molecular weight is 325 g/mol. The van der Waals surface area contributed by atoms with Gasteiger partial charge in [-0.2, -0.15) is 0 Å². The lowest BCUT2D eigenvalue weighted by Gasteiger charge is -2.09. The number of carbonyl (C=O) groups is 2. The molecule has 0 aliphatic rings. The predicted molar refractivity (Wildman–Crippen MR) is 81.8 cm³/mol. The number of phenolic OH excluding ortho intramolecular Hbond substituents is 1. The maximum atomic E-state index is 11.8. The van der Waals surface area contributed by atoms with Crippen molar-refractivity contribution in [3.63, 3.8) is 0 Å². The van der Waals surface area contributed by atoms with Gasteiger partial charge in [0.25, 0.3) is 0 Å². The van der Waals surface area contributed by atoms with Crippen LogP contribution in [0.5, 0.6) is 5.75 Å². The van der Waals surface area contributed by atoms with Crippen LogP contribution in [0.3, 0.4) is 0 Å². The van der Waals surface area contributed by atoms with Gasteiger partial charge in [0, 0.05) is 5.69 Å². The van der Waals surface area contributed by atoms with Gasteiger partial charge in [-0.25, -0.2) is 0 Å². The maximum Gasteiger partial charge on any atom is 0.314 e. The van der Waals surface area contributed by atoms with Gasteiger partial charge in [0.05, 0.1) is 15.7 Å². The fourth-order valence-corrected chi connectivity index (χ4v) is 2.01. The second-order valence-electron chi connectivity index (χ2n) is 4.05. The molecule has 0 fully saturated rings. The molecular weight excluding hydrogens is 315 g/mol. The molecule has 0 bridgehead atoms. The van der Waals surface area contributed by atoms with Crippen LogP contribution in [0.1, 0.15) is 0 Å². The van der Waals surface area contributed by atoms with Gasteiger partial charge in [-0.1, -0.05) is 29.3 Å². The zero-order chi connectivity index (χ0) is 15.4. The van der Waals surface area contributed by atoms with Gasteiger partial charge in [0.15, 0.2) is 0 Å². The van der Waals surface area contributed by atoms with E-state index < -0.39 is 11.8 Å². The normalized spacial score (nSPS) is 10.0. The number of phenols is 1. The summed E-state index contributed by atoms with van der Waals surface area (Å²) in [6.07, 6.45) is 0. The Hall–Kier alpha value is -2.24. The van der Waals surface area contributed by atoms with Gasteiger partial charge >= 0.3 is 11.8 Å². The summed E-state index contributed by atoms with van der Waals surface area (Å²) in [5, 5.41) is 14.3. The molecule has 0 unspecified atom stereocenters. The van der Waals surface area contributed by atoms with Gasteiger partial charge in [0.1, 0.15) is 5.75 Å². The third-order valence-corrected chi connectivity index (χ3v) is 3.16. The van der Waals surface area contributed by atoms with E-state index in [9.17, 15) is 9.59 Å².